The number of carbonyl (C=O) groups excluding carboxylic acids is 5. The summed E-state index contributed by atoms with van der Waals surface area (Å²) in [6, 6.07) is 13.0. The molecule has 408 valence electrons. The number of hydrogen-bond acceptors (Lipinski definition) is 18. The molecule has 2 aromatic carbocycles. The molecule has 2 amide bonds. The van der Waals surface area contributed by atoms with Crippen LogP contribution in [0.1, 0.15) is 92.4 Å². The monoisotopic (exact) mass is 1050 g/mol. The summed E-state index contributed by atoms with van der Waals surface area (Å²) in [5, 5.41) is 15.4. The number of benzene rings is 2. The molecule has 0 spiro atoms. The summed E-state index contributed by atoms with van der Waals surface area (Å²) >= 11 is 0. The van der Waals surface area contributed by atoms with Crippen LogP contribution in [-0.4, -0.2) is 141 Å². The molecule has 0 saturated carbocycles. The van der Waals surface area contributed by atoms with E-state index in [1.54, 1.807) is 38.1 Å². The SMILES string of the molecule is CCCO[C@H]1[C@H](C)OC(=O)[C@@H](NC(=O)c2nccc(OC)c2O)CCO[C@@H]1Cc1ccc(F)cc1.CCCO[C@H]1[C@H](C)OC(=O)[C@@H](NC(=O)c2nccc(OC)c2OCOC(C)=O)CCO[C@@H]1Cc1ccc(F)cc1. The normalized spacial score (nSPS) is 22.0. The smallest absolute Gasteiger partial charge is 0.329 e. The average Bonchev–Trinajstić information content (AvgIpc) is 3.47. The molecule has 0 unspecified atom stereocenters. The lowest BCUT2D eigenvalue weighted by atomic mass is 10.0. The Labute approximate surface area is 434 Å². The fraction of sp³-hybridized carbons (Fsp3) is 0.491. The van der Waals surface area contributed by atoms with Gasteiger partial charge in [-0.05, 0) is 62.1 Å². The predicted molar refractivity (Wildman–Crippen MR) is 263 cm³/mol. The number of hydrogen-bond donors (Lipinski definition) is 3. The maximum absolute atomic E-state index is 13.4. The molecule has 0 radical (unpaired) electrons. The number of amides is 2. The molecule has 8 atom stereocenters. The summed E-state index contributed by atoms with van der Waals surface area (Å²) in [4.78, 5) is 71.2. The van der Waals surface area contributed by atoms with Gasteiger partial charge in [0.2, 0.25) is 6.79 Å². The molecule has 0 bridgehead atoms. The highest BCUT2D eigenvalue weighted by Gasteiger charge is 2.38. The van der Waals surface area contributed by atoms with Crippen molar-refractivity contribution < 1.29 is 85.2 Å². The summed E-state index contributed by atoms with van der Waals surface area (Å²) in [5.74, 6) is -4.27. The summed E-state index contributed by atoms with van der Waals surface area (Å²) < 4.78 is 83.0. The fourth-order valence-electron chi connectivity index (χ4n) is 7.96. The Kier molecular flexibility index (Phi) is 23.4. The van der Waals surface area contributed by atoms with Gasteiger partial charge >= 0.3 is 17.9 Å². The van der Waals surface area contributed by atoms with Crippen LogP contribution < -0.4 is 24.8 Å². The van der Waals surface area contributed by atoms with Crippen molar-refractivity contribution in [3.05, 3.63) is 107 Å². The zero-order chi connectivity index (χ0) is 54.4. The van der Waals surface area contributed by atoms with E-state index < -0.39 is 91.0 Å². The number of aromatic nitrogens is 2. The van der Waals surface area contributed by atoms with Crippen molar-refractivity contribution >= 4 is 29.7 Å². The van der Waals surface area contributed by atoms with E-state index >= 15 is 0 Å². The average molecular weight is 1050 g/mol. The fourth-order valence-corrected chi connectivity index (χ4v) is 7.96. The maximum atomic E-state index is 13.4. The van der Waals surface area contributed by atoms with E-state index in [0.717, 1.165) is 24.0 Å². The number of cyclic esters (lactones) is 2. The molecule has 75 heavy (non-hydrogen) atoms. The van der Waals surface area contributed by atoms with Crippen LogP contribution in [0.25, 0.3) is 0 Å². The van der Waals surface area contributed by atoms with E-state index in [2.05, 4.69) is 20.6 Å². The molecular formula is C53H66F2N4O16. The van der Waals surface area contributed by atoms with Gasteiger partial charge in [0.15, 0.2) is 34.4 Å². The lowest BCUT2D eigenvalue weighted by Crippen LogP contribution is -2.46. The first-order valence-electron chi connectivity index (χ1n) is 24.6. The minimum Gasteiger partial charge on any atom is -0.503 e. The second kappa shape index (κ2) is 29.8. The molecule has 0 aliphatic carbocycles. The quantitative estimate of drug-likeness (QED) is 0.0572. The van der Waals surface area contributed by atoms with Crippen molar-refractivity contribution in [2.45, 2.75) is 122 Å². The van der Waals surface area contributed by atoms with Crippen LogP contribution in [0, 0.1) is 11.6 Å². The third-order valence-electron chi connectivity index (χ3n) is 11.7. The van der Waals surface area contributed by atoms with Crippen LogP contribution in [0.15, 0.2) is 73.1 Å². The first-order chi connectivity index (χ1) is 36.1. The largest absolute Gasteiger partial charge is 0.503 e. The van der Waals surface area contributed by atoms with E-state index in [9.17, 15) is 37.9 Å². The topological polar surface area (TPSA) is 248 Å². The highest BCUT2D eigenvalue weighted by atomic mass is 19.1. The van der Waals surface area contributed by atoms with Gasteiger partial charge in [-0.25, -0.2) is 28.3 Å². The molecule has 6 rings (SSSR count). The van der Waals surface area contributed by atoms with Crippen LogP contribution >= 0.6 is 0 Å². The molecule has 20 nitrogen and oxygen atoms in total. The van der Waals surface area contributed by atoms with Crippen LogP contribution in [0.4, 0.5) is 8.78 Å². The van der Waals surface area contributed by atoms with Gasteiger partial charge in [-0.3, -0.25) is 14.4 Å². The number of rotatable bonds is 19. The highest BCUT2D eigenvalue weighted by Crippen LogP contribution is 2.31. The second-order valence-corrected chi connectivity index (χ2v) is 17.4. The van der Waals surface area contributed by atoms with Crippen molar-refractivity contribution in [1.82, 2.24) is 20.6 Å². The van der Waals surface area contributed by atoms with Crippen molar-refractivity contribution in [2.75, 3.05) is 47.4 Å². The summed E-state index contributed by atoms with van der Waals surface area (Å²) in [6.45, 7) is 9.18. The van der Waals surface area contributed by atoms with Gasteiger partial charge in [-0.2, -0.15) is 0 Å². The zero-order valence-corrected chi connectivity index (χ0v) is 43.0. The van der Waals surface area contributed by atoms with Gasteiger partial charge in [0, 0.05) is 83.6 Å². The van der Waals surface area contributed by atoms with Gasteiger partial charge < -0.3 is 63.1 Å². The molecule has 3 N–H and O–H groups in total. The number of pyridine rings is 2. The maximum Gasteiger partial charge on any atom is 0.329 e. The molecule has 22 heteroatoms. The number of esters is 3. The third kappa shape index (κ3) is 17.5. The van der Waals surface area contributed by atoms with Crippen molar-refractivity contribution in [3.63, 3.8) is 0 Å². The molecule has 2 aliphatic rings. The molecule has 4 aromatic rings. The molecule has 2 aromatic heterocycles. The van der Waals surface area contributed by atoms with Crippen LogP contribution in [0.3, 0.4) is 0 Å². The molecule has 2 aliphatic heterocycles. The molecular weight excluding hydrogens is 987 g/mol. The van der Waals surface area contributed by atoms with Crippen LogP contribution in [-0.2, 0) is 60.4 Å². The van der Waals surface area contributed by atoms with Gasteiger partial charge in [0.05, 0.1) is 26.4 Å². The zero-order valence-electron chi connectivity index (χ0n) is 43.0. The lowest BCUT2D eigenvalue weighted by molar-refractivity contribution is -0.165. The standard InChI is InChI=1S/C28H35FN2O9.C25H31FN2O7/c1-5-13-37-25-17(2)40-28(34)21(11-14-36-23(25)15-19-6-8-20(29)9-7-19)31-27(33)24-26(39-16-38-18(3)32)22(35-4)10-12-30-24;1-4-12-34-23-15(2)35-25(31)18(28-24(30)21-22(29)19(32-3)9-11-27-21)10-13-33-20(23)14-16-5-7-17(26)8-6-16/h6-10,12,17,21,23,25H,5,11,13-16H2,1-4H3,(H,31,33);5-9,11,15,18,20,23,29H,4,10,12-14H2,1-3H3,(H,28,30)/t17-,21-,23+,25-;15-,18-,20+,23-/m00/s1. The number of nitrogens with one attached hydrogen (secondary N) is 2. The van der Waals surface area contributed by atoms with E-state index in [0.29, 0.717) is 26.1 Å². The van der Waals surface area contributed by atoms with Gasteiger partial charge in [0.25, 0.3) is 11.8 Å². The van der Waals surface area contributed by atoms with Crippen LogP contribution in [0.5, 0.6) is 23.0 Å². The number of methoxy groups -OCH3 is 2. The van der Waals surface area contributed by atoms with Gasteiger partial charge in [-0.15, -0.1) is 0 Å². The first kappa shape index (κ1) is 58.9. The van der Waals surface area contributed by atoms with Crippen LogP contribution in [0.2, 0.25) is 0 Å². The predicted octanol–water partition coefficient (Wildman–Crippen LogP) is 5.78. The summed E-state index contributed by atoms with van der Waals surface area (Å²) in [7, 11) is 2.73. The van der Waals surface area contributed by atoms with Crippen molar-refractivity contribution in [1.29, 1.82) is 0 Å². The number of halogens is 2. The lowest BCUT2D eigenvalue weighted by Gasteiger charge is -2.31. The van der Waals surface area contributed by atoms with Gasteiger partial charge in [0.1, 0.15) is 48.1 Å². The van der Waals surface area contributed by atoms with Gasteiger partial charge in [-0.1, -0.05) is 38.1 Å². The Morgan fingerprint density at radius 2 is 1.12 bits per heavy atom. The number of nitrogens with zero attached hydrogens (tertiary/aromatic N) is 2. The number of aromatic hydroxyl groups is 1. The highest BCUT2D eigenvalue weighted by molar-refractivity contribution is 5.98. The number of ether oxygens (including phenoxy) is 10. The summed E-state index contributed by atoms with van der Waals surface area (Å²) in [6.07, 6.45) is 1.72. The minimum absolute atomic E-state index is 0.0582. The van der Waals surface area contributed by atoms with Crippen molar-refractivity contribution in [3.8, 4) is 23.0 Å². The third-order valence-corrected chi connectivity index (χ3v) is 11.7. The van der Waals surface area contributed by atoms with E-state index in [1.807, 2.05) is 13.8 Å². The Bertz CT molecular complexity index is 2490. The van der Waals surface area contributed by atoms with E-state index in [-0.39, 0.29) is 66.3 Å². The van der Waals surface area contributed by atoms with Crippen molar-refractivity contribution in [2.24, 2.45) is 0 Å². The Morgan fingerprint density at radius 3 is 1.56 bits per heavy atom. The molecule has 2 saturated heterocycles. The number of carbonyl (C=O) groups is 5. The molecule has 4 heterocycles. The minimum atomic E-state index is -1.07. The Balaban J connectivity index is 0.000000280. The Hall–Kier alpha value is -7.01. The Morgan fingerprint density at radius 1 is 0.680 bits per heavy atom. The van der Waals surface area contributed by atoms with E-state index in [4.69, 9.17) is 47.4 Å². The summed E-state index contributed by atoms with van der Waals surface area (Å²) in [5.41, 5.74) is 1.24. The van der Waals surface area contributed by atoms with E-state index in [1.165, 1.54) is 69.9 Å². The second-order valence-electron chi connectivity index (χ2n) is 17.4. The first-order valence-corrected chi connectivity index (χ1v) is 24.6. The molecule has 2 fully saturated rings.